The fourth-order valence-electron chi connectivity index (χ4n) is 7.19. The molecule has 1 heterocycles. The summed E-state index contributed by atoms with van der Waals surface area (Å²) in [6, 6.07) is 9.51. The summed E-state index contributed by atoms with van der Waals surface area (Å²) in [7, 11) is 1.46. The van der Waals surface area contributed by atoms with Crippen molar-refractivity contribution < 1.29 is 38.2 Å². The van der Waals surface area contributed by atoms with Crippen molar-refractivity contribution in [2.75, 3.05) is 13.7 Å². The number of allylic oxidation sites excluding steroid dienone is 1. The van der Waals surface area contributed by atoms with Gasteiger partial charge in [-0.25, -0.2) is 4.79 Å². The van der Waals surface area contributed by atoms with Crippen LogP contribution in [0, 0.1) is 22.7 Å². The molecule has 1 N–H and O–H groups in total. The van der Waals surface area contributed by atoms with Gasteiger partial charge < -0.3 is 19.5 Å². The standard InChI is InChI=1S/C30H33NO8/c1-16(32)38-20-12-29(2)19(10-11-21(29)33)23-25(20)30(3)22(15-37-4)39-28(36)18(24(30)27(35)26(23)34)14-31-13-17-8-6-5-7-9-17/h5-9,14,19-20,22,24,31H,10-13,15H2,1-4H3/b18-14-/t19?,20?,22?,24?,29-,30-/m0/s1. The lowest BCUT2D eigenvalue weighted by Crippen LogP contribution is -2.62. The van der Waals surface area contributed by atoms with E-state index in [4.69, 9.17) is 14.2 Å². The predicted octanol–water partition coefficient (Wildman–Crippen LogP) is 2.62. The Kier molecular flexibility index (Phi) is 6.83. The number of carbonyl (C=O) groups is 5. The number of ether oxygens (including phenoxy) is 3. The molecule has 0 bridgehead atoms. The minimum absolute atomic E-state index is 0.0158. The van der Waals surface area contributed by atoms with E-state index in [2.05, 4.69) is 5.32 Å². The van der Waals surface area contributed by atoms with Crippen LogP contribution in [0.2, 0.25) is 0 Å². The molecule has 5 rings (SSSR count). The predicted molar refractivity (Wildman–Crippen MR) is 138 cm³/mol. The first-order chi connectivity index (χ1) is 18.5. The Morgan fingerprint density at radius 2 is 1.87 bits per heavy atom. The largest absolute Gasteiger partial charge is 0.458 e. The van der Waals surface area contributed by atoms with Crippen LogP contribution in [0.4, 0.5) is 0 Å². The minimum atomic E-state index is -1.24. The van der Waals surface area contributed by atoms with Gasteiger partial charge in [0, 0.05) is 61.9 Å². The molecule has 1 aromatic carbocycles. The molecule has 4 unspecified atom stereocenters. The van der Waals surface area contributed by atoms with Crippen LogP contribution >= 0.6 is 0 Å². The summed E-state index contributed by atoms with van der Waals surface area (Å²) in [6.07, 6.45) is 0.490. The summed E-state index contributed by atoms with van der Waals surface area (Å²) in [5, 5.41) is 3.09. The highest BCUT2D eigenvalue weighted by atomic mass is 16.6. The highest BCUT2D eigenvalue weighted by molar-refractivity contribution is 6.47. The number of nitrogens with one attached hydrogen (secondary N) is 1. The van der Waals surface area contributed by atoms with E-state index in [-0.39, 0.29) is 36.4 Å². The average Bonchev–Trinajstić information content (AvgIpc) is 3.18. The number of rotatable bonds is 6. The number of ketones is 3. The fraction of sp³-hybridized carbons (Fsp3) is 0.500. The molecule has 0 spiro atoms. The maximum atomic E-state index is 14.0. The quantitative estimate of drug-likeness (QED) is 0.332. The first kappa shape index (κ1) is 27.0. The number of fused-ring (bicyclic) bond motifs is 4. The molecule has 1 saturated carbocycles. The summed E-state index contributed by atoms with van der Waals surface area (Å²) in [4.78, 5) is 66.4. The molecular weight excluding hydrogens is 502 g/mol. The Morgan fingerprint density at radius 3 is 2.54 bits per heavy atom. The zero-order chi connectivity index (χ0) is 28.1. The number of hydrogen-bond acceptors (Lipinski definition) is 9. The number of cyclic esters (lactones) is 1. The van der Waals surface area contributed by atoms with Gasteiger partial charge in [-0.05, 0) is 17.6 Å². The molecule has 1 aromatic rings. The monoisotopic (exact) mass is 535 g/mol. The zero-order valence-corrected chi connectivity index (χ0v) is 22.6. The number of methoxy groups -OCH3 is 1. The van der Waals surface area contributed by atoms with Crippen LogP contribution in [0.5, 0.6) is 0 Å². The SMILES string of the molecule is COCC1OC(=O)/C(=C\NCc2ccccc2)C2C(=O)C(=O)C3=C(C(OC(C)=O)C[C@]4(C)C(=O)CCC34)[C@@]12C. The third-order valence-corrected chi connectivity index (χ3v) is 9.04. The van der Waals surface area contributed by atoms with E-state index in [1.165, 1.54) is 20.2 Å². The van der Waals surface area contributed by atoms with Crippen molar-refractivity contribution in [1.29, 1.82) is 0 Å². The Balaban J connectivity index is 1.67. The topological polar surface area (TPSA) is 125 Å². The summed E-state index contributed by atoms with van der Waals surface area (Å²) >= 11 is 0. The number of benzene rings is 1. The van der Waals surface area contributed by atoms with Crippen molar-refractivity contribution >= 4 is 29.3 Å². The Bertz CT molecular complexity index is 1310. The molecule has 3 aliphatic carbocycles. The maximum Gasteiger partial charge on any atom is 0.336 e. The lowest BCUT2D eigenvalue weighted by molar-refractivity contribution is -0.174. The van der Waals surface area contributed by atoms with Gasteiger partial charge in [0.15, 0.2) is 0 Å². The van der Waals surface area contributed by atoms with Gasteiger partial charge in [-0.2, -0.15) is 0 Å². The van der Waals surface area contributed by atoms with Gasteiger partial charge in [0.1, 0.15) is 18.0 Å². The average molecular weight is 536 g/mol. The first-order valence-corrected chi connectivity index (χ1v) is 13.2. The van der Waals surface area contributed by atoms with Crippen LogP contribution in [-0.4, -0.2) is 55.2 Å². The Hall–Kier alpha value is -3.59. The minimum Gasteiger partial charge on any atom is -0.458 e. The van der Waals surface area contributed by atoms with Crippen LogP contribution in [0.3, 0.4) is 0 Å². The van der Waals surface area contributed by atoms with Crippen LogP contribution in [0.25, 0.3) is 0 Å². The first-order valence-electron chi connectivity index (χ1n) is 13.2. The van der Waals surface area contributed by atoms with Crippen molar-refractivity contribution in [2.24, 2.45) is 22.7 Å². The van der Waals surface area contributed by atoms with E-state index in [0.29, 0.717) is 18.5 Å². The normalized spacial score (nSPS) is 34.8. The molecule has 0 aromatic heterocycles. The van der Waals surface area contributed by atoms with Gasteiger partial charge in [0.2, 0.25) is 11.6 Å². The van der Waals surface area contributed by atoms with E-state index in [1.807, 2.05) is 30.3 Å². The van der Waals surface area contributed by atoms with E-state index >= 15 is 0 Å². The van der Waals surface area contributed by atoms with E-state index in [9.17, 15) is 24.0 Å². The molecule has 9 heteroatoms. The van der Waals surface area contributed by atoms with Crippen LogP contribution in [0.15, 0.2) is 53.3 Å². The van der Waals surface area contributed by atoms with Gasteiger partial charge in [-0.3, -0.25) is 19.2 Å². The molecule has 2 fully saturated rings. The molecule has 206 valence electrons. The van der Waals surface area contributed by atoms with Crippen molar-refractivity contribution in [3.05, 3.63) is 58.8 Å². The van der Waals surface area contributed by atoms with E-state index in [0.717, 1.165) is 5.56 Å². The molecule has 4 aliphatic rings. The number of hydrogen-bond donors (Lipinski definition) is 1. The smallest absolute Gasteiger partial charge is 0.336 e. The van der Waals surface area contributed by atoms with E-state index < -0.39 is 58.4 Å². The number of Topliss-reactive ketones (excluding diaryl/α,β-unsaturated/α-hetero) is 3. The highest BCUT2D eigenvalue weighted by Crippen LogP contribution is 2.62. The third-order valence-electron chi connectivity index (χ3n) is 9.04. The zero-order valence-electron chi connectivity index (χ0n) is 22.6. The molecular formula is C30H33NO8. The Morgan fingerprint density at radius 1 is 1.15 bits per heavy atom. The van der Waals surface area contributed by atoms with Gasteiger partial charge in [0.25, 0.3) is 0 Å². The second-order valence-corrected chi connectivity index (χ2v) is 11.3. The molecule has 0 radical (unpaired) electrons. The van der Waals surface area contributed by atoms with Crippen molar-refractivity contribution in [2.45, 2.75) is 58.8 Å². The van der Waals surface area contributed by atoms with E-state index in [1.54, 1.807) is 13.8 Å². The van der Waals surface area contributed by atoms with Gasteiger partial charge in [-0.15, -0.1) is 0 Å². The molecule has 6 atom stereocenters. The Labute approximate surface area is 226 Å². The maximum absolute atomic E-state index is 14.0. The summed E-state index contributed by atoms with van der Waals surface area (Å²) in [5.41, 5.74) is -0.480. The van der Waals surface area contributed by atoms with Gasteiger partial charge in [0.05, 0.1) is 18.1 Å². The van der Waals surface area contributed by atoms with Crippen LogP contribution < -0.4 is 5.32 Å². The number of carbonyl (C=O) groups excluding carboxylic acids is 5. The molecule has 1 aliphatic heterocycles. The second kappa shape index (κ2) is 9.86. The van der Waals surface area contributed by atoms with Crippen molar-refractivity contribution in [3.63, 3.8) is 0 Å². The second-order valence-electron chi connectivity index (χ2n) is 11.3. The van der Waals surface area contributed by atoms with Crippen LogP contribution in [0.1, 0.15) is 45.6 Å². The molecule has 1 saturated heterocycles. The summed E-state index contributed by atoms with van der Waals surface area (Å²) < 4.78 is 17.1. The van der Waals surface area contributed by atoms with Gasteiger partial charge in [-0.1, -0.05) is 44.2 Å². The van der Waals surface area contributed by atoms with Crippen LogP contribution in [-0.2, 0) is 44.7 Å². The van der Waals surface area contributed by atoms with Gasteiger partial charge >= 0.3 is 11.9 Å². The van der Waals surface area contributed by atoms with Crippen molar-refractivity contribution in [3.8, 4) is 0 Å². The van der Waals surface area contributed by atoms with Crippen molar-refractivity contribution in [1.82, 2.24) is 5.32 Å². The third kappa shape index (κ3) is 4.14. The fourth-order valence-corrected chi connectivity index (χ4v) is 7.19. The summed E-state index contributed by atoms with van der Waals surface area (Å²) in [6.45, 7) is 5.18. The number of esters is 2. The molecule has 0 amide bonds. The molecule has 9 nitrogen and oxygen atoms in total. The summed E-state index contributed by atoms with van der Waals surface area (Å²) in [5.74, 6) is -4.41. The lowest BCUT2D eigenvalue weighted by atomic mass is 9.50. The lowest BCUT2D eigenvalue weighted by Gasteiger charge is -2.55. The molecule has 39 heavy (non-hydrogen) atoms. The highest BCUT2D eigenvalue weighted by Gasteiger charge is 2.67.